The Hall–Kier alpha value is -2.77. The average molecular weight is 376 g/mol. The van der Waals surface area contributed by atoms with Gasteiger partial charge in [-0.2, -0.15) is 0 Å². The minimum atomic E-state index is -1.30. The average Bonchev–Trinajstić information content (AvgIpc) is 2.74. The molecule has 3 rings (SSSR count). The number of carbonyl (C=O) groups excluding carboxylic acids is 3. The number of rotatable bonds is 3. The monoisotopic (exact) mass is 376 g/mol. The molecule has 2 heterocycles. The molecule has 0 spiro atoms. The third-order valence-electron chi connectivity index (χ3n) is 4.31. The van der Waals surface area contributed by atoms with Crippen LogP contribution in [0.25, 0.3) is 0 Å². The van der Waals surface area contributed by atoms with E-state index in [0.717, 1.165) is 11.3 Å². The van der Waals surface area contributed by atoms with E-state index in [1.54, 1.807) is 45.9 Å². The second-order valence-electron chi connectivity index (χ2n) is 7.74. The zero-order valence-corrected chi connectivity index (χ0v) is 16.0. The summed E-state index contributed by atoms with van der Waals surface area (Å²) in [6.45, 7) is 7.39. The van der Waals surface area contributed by atoms with Crippen molar-refractivity contribution in [2.24, 2.45) is 0 Å². The van der Waals surface area contributed by atoms with E-state index in [-0.39, 0.29) is 0 Å². The number of hydrogen-bond acceptors (Lipinski definition) is 6. The predicted molar refractivity (Wildman–Crippen MR) is 95.5 cm³/mol. The van der Waals surface area contributed by atoms with Crippen molar-refractivity contribution in [3.63, 3.8) is 0 Å². The van der Waals surface area contributed by atoms with Gasteiger partial charge in [0.25, 0.3) is 5.91 Å². The molecular formula is C19H24N2O6. The molecule has 1 aromatic rings. The standard InChI is InChI=1S/C19H24N2O6/c1-18(2,3)27-15(22)11-21-16(23)19(4,20-17(21)24)12-6-7-13-14(10-12)26-9-5-8-25-13/h6-7,10H,5,8-9,11H2,1-4H3,(H,20,24)/t19-/m1/s1. The van der Waals surface area contributed by atoms with Crippen molar-refractivity contribution in [2.75, 3.05) is 19.8 Å². The van der Waals surface area contributed by atoms with Crippen molar-refractivity contribution in [2.45, 2.75) is 45.3 Å². The number of ether oxygens (including phenoxy) is 3. The van der Waals surface area contributed by atoms with Crippen LogP contribution >= 0.6 is 0 Å². The van der Waals surface area contributed by atoms with E-state index in [1.807, 2.05) is 0 Å². The summed E-state index contributed by atoms with van der Waals surface area (Å²) in [6.07, 6.45) is 0.764. The molecule has 1 aromatic carbocycles. The number of hydrogen-bond donors (Lipinski definition) is 1. The lowest BCUT2D eigenvalue weighted by molar-refractivity contribution is -0.157. The molecule has 0 saturated carbocycles. The highest BCUT2D eigenvalue weighted by molar-refractivity contribution is 6.08. The van der Waals surface area contributed by atoms with Crippen LogP contribution in [0.3, 0.4) is 0 Å². The molecule has 2 aliphatic heterocycles. The summed E-state index contributed by atoms with van der Waals surface area (Å²) in [7, 11) is 0. The Balaban J connectivity index is 1.82. The first-order chi connectivity index (χ1) is 12.6. The maximum absolute atomic E-state index is 12.9. The van der Waals surface area contributed by atoms with Gasteiger partial charge < -0.3 is 19.5 Å². The van der Waals surface area contributed by atoms with Crippen LogP contribution in [0.4, 0.5) is 4.79 Å². The Kier molecular flexibility index (Phi) is 4.75. The summed E-state index contributed by atoms with van der Waals surface area (Å²) in [5, 5.41) is 2.67. The van der Waals surface area contributed by atoms with Gasteiger partial charge in [0.05, 0.1) is 13.2 Å². The molecule has 27 heavy (non-hydrogen) atoms. The van der Waals surface area contributed by atoms with Crippen molar-refractivity contribution in [1.29, 1.82) is 0 Å². The van der Waals surface area contributed by atoms with Crippen molar-refractivity contribution in [3.8, 4) is 11.5 Å². The lowest BCUT2D eigenvalue weighted by atomic mass is 9.91. The third-order valence-corrected chi connectivity index (χ3v) is 4.31. The lowest BCUT2D eigenvalue weighted by Crippen LogP contribution is -2.42. The van der Waals surface area contributed by atoms with Gasteiger partial charge in [-0.1, -0.05) is 6.07 Å². The lowest BCUT2D eigenvalue weighted by Gasteiger charge is -2.24. The van der Waals surface area contributed by atoms with E-state index in [2.05, 4.69) is 5.32 Å². The molecule has 3 amide bonds. The first-order valence-corrected chi connectivity index (χ1v) is 8.86. The molecule has 0 aliphatic carbocycles. The zero-order chi connectivity index (χ0) is 19.8. The minimum absolute atomic E-state index is 0.442. The number of amides is 3. The molecule has 8 nitrogen and oxygen atoms in total. The maximum atomic E-state index is 12.9. The summed E-state index contributed by atoms with van der Waals surface area (Å²) in [5.74, 6) is -0.0390. The van der Waals surface area contributed by atoms with Gasteiger partial charge in [-0.3, -0.25) is 14.5 Å². The van der Waals surface area contributed by atoms with Crippen LogP contribution in [0.5, 0.6) is 11.5 Å². The number of esters is 1. The Bertz CT molecular complexity index is 785. The van der Waals surface area contributed by atoms with Gasteiger partial charge in [-0.15, -0.1) is 0 Å². The third kappa shape index (κ3) is 3.84. The number of imide groups is 1. The minimum Gasteiger partial charge on any atom is -0.490 e. The molecule has 1 fully saturated rings. The smallest absolute Gasteiger partial charge is 0.326 e. The van der Waals surface area contributed by atoms with Gasteiger partial charge >= 0.3 is 12.0 Å². The number of nitrogens with zero attached hydrogens (tertiary/aromatic N) is 1. The fourth-order valence-corrected chi connectivity index (χ4v) is 3.01. The molecule has 0 unspecified atom stereocenters. The molecule has 1 N–H and O–H groups in total. The molecule has 1 saturated heterocycles. The van der Waals surface area contributed by atoms with Crippen molar-refractivity contribution < 1.29 is 28.6 Å². The highest BCUT2D eigenvalue weighted by Gasteiger charge is 2.50. The van der Waals surface area contributed by atoms with Gasteiger partial charge in [0.2, 0.25) is 0 Å². The fraction of sp³-hybridized carbons (Fsp3) is 0.526. The second kappa shape index (κ2) is 6.75. The Morgan fingerprint density at radius 1 is 1.22 bits per heavy atom. The zero-order valence-electron chi connectivity index (χ0n) is 16.0. The fourth-order valence-electron chi connectivity index (χ4n) is 3.01. The van der Waals surface area contributed by atoms with E-state index in [4.69, 9.17) is 14.2 Å². The van der Waals surface area contributed by atoms with E-state index in [1.165, 1.54) is 0 Å². The van der Waals surface area contributed by atoms with E-state index in [0.29, 0.717) is 30.3 Å². The molecule has 8 heteroatoms. The molecule has 0 radical (unpaired) electrons. The first kappa shape index (κ1) is 19.0. The van der Waals surface area contributed by atoms with E-state index in [9.17, 15) is 14.4 Å². The van der Waals surface area contributed by atoms with E-state index < -0.39 is 35.6 Å². The Morgan fingerprint density at radius 2 is 1.89 bits per heavy atom. The number of carbonyl (C=O) groups is 3. The Morgan fingerprint density at radius 3 is 2.56 bits per heavy atom. The normalized spacial score (nSPS) is 22.3. The summed E-state index contributed by atoms with van der Waals surface area (Å²) in [4.78, 5) is 38.2. The van der Waals surface area contributed by atoms with E-state index >= 15 is 0 Å². The maximum Gasteiger partial charge on any atom is 0.326 e. The van der Waals surface area contributed by atoms with Crippen LogP contribution in [0.2, 0.25) is 0 Å². The number of nitrogens with one attached hydrogen (secondary N) is 1. The van der Waals surface area contributed by atoms with Crippen molar-refractivity contribution in [3.05, 3.63) is 23.8 Å². The molecule has 0 aromatic heterocycles. The quantitative estimate of drug-likeness (QED) is 0.640. The van der Waals surface area contributed by atoms with Gasteiger partial charge in [-0.25, -0.2) is 4.79 Å². The Labute approximate surface area is 157 Å². The first-order valence-electron chi connectivity index (χ1n) is 8.86. The SMILES string of the molecule is CC(C)(C)OC(=O)CN1C(=O)N[C@](C)(c2ccc3c(c2)OCCCO3)C1=O. The molecule has 0 bridgehead atoms. The van der Waals surface area contributed by atoms with Gasteiger partial charge in [0, 0.05) is 6.42 Å². The van der Waals surface area contributed by atoms with Crippen molar-refractivity contribution in [1.82, 2.24) is 10.2 Å². The van der Waals surface area contributed by atoms with Crippen LogP contribution in [-0.4, -0.2) is 48.2 Å². The van der Waals surface area contributed by atoms with Crippen LogP contribution in [0, 0.1) is 0 Å². The topological polar surface area (TPSA) is 94.2 Å². The number of benzene rings is 1. The molecule has 1 atom stereocenters. The van der Waals surface area contributed by atoms with Gasteiger partial charge in [-0.05, 0) is 45.4 Å². The highest BCUT2D eigenvalue weighted by atomic mass is 16.6. The summed E-state index contributed by atoms with van der Waals surface area (Å²) in [6, 6.07) is 4.48. The summed E-state index contributed by atoms with van der Waals surface area (Å²) >= 11 is 0. The number of urea groups is 1. The van der Waals surface area contributed by atoms with Crippen molar-refractivity contribution >= 4 is 17.9 Å². The van der Waals surface area contributed by atoms with Crippen LogP contribution in [0.15, 0.2) is 18.2 Å². The molecule has 146 valence electrons. The summed E-state index contributed by atoms with van der Waals surface area (Å²) < 4.78 is 16.5. The summed E-state index contributed by atoms with van der Waals surface area (Å²) in [5.41, 5.74) is -1.45. The van der Waals surface area contributed by atoms with Crippen LogP contribution < -0.4 is 14.8 Å². The molecular weight excluding hydrogens is 352 g/mol. The van der Waals surface area contributed by atoms with Gasteiger partial charge in [0.15, 0.2) is 11.5 Å². The largest absolute Gasteiger partial charge is 0.490 e. The second-order valence-corrected chi connectivity index (χ2v) is 7.74. The number of fused-ring (bicyclic) bond motifs is 1. The van der Waals surface area contributed by atoms with Crippen LogP contribution in [0.1, 0.15) is 39.7 Å². The molecule has 2 aliphatic rings. The highest BCUT2D eigenvalue weighted by Crippen LogP contribution is 2.36. The predicted octanol–water partition coefficient (Wildman–Crippen LogP) is 1.96. The van der Waals surface area contributed by atoms with Gasteiger partial charge in [0.1, 0.15) is 17.7 Å². The van der Waals surface area contributed by atoms with Crippen LogP contribution in [-0.2, 0) is 19.9 Å².